The number of aryl methyl sites for hydroxylation is 1. The average molecular weight is 265 g/mol. The highest BCUT2D eigenvalue weighted by Gasteiger charge is 2.09. The summed E-state index contributed by atoms with van der Waals surface area (Å²) in [5.74, 6) is 0.917. The van der Waals surface area contributed by atoms with Gasteiger partial charge in [-0.15, -0.1) is 0 Å². The SMILES string of the molecule is CCCCc1ccc(OC(CNCC)COC)cc1. The molecule has 0 radical (unpaired) electrons. The van der Waals surface area contributed by atoms with Gasteiger partial charge in [0.1, 0.15) is 11.9 Å². The van der Waals surface area contributed by atoms with Crippen molar-refractivity contribution < 1.29 is 9.47 Å². The summed E-state index contributed by atoms with van der Waals surface area (Å²) in [5, 5.41) is 3.29. The molecular weight excluding hydrogens is 238 g/mol. The second-order valence-corrected chi connectivity index (χ2v) is 4.75. The maximum Gasteiger partial charge on any atom is 0.134 e. The van der Waals surface area contributed by atoms with Gasteiger partial charge in [-0.1, -0.05) is 32.4 Å². The van der Waals surface area contributed by atoms with Crippen molar-refractivity contribution in [3.8, 4) is 5.75 Å². The largest absolute Gasteiger partial charge is 0.487 e. The predicted octanol–water partition coefficient (Wildman–Crippen LogP) is 3.03. The summed E-state index contributed by atoms with van der Waals surface area (Å²) in [5.41, 5.74) is 1.38. The summed E-state index contributed by atoms with van der Waals surface area (Å²) < 4.78 is 11.1. The first kappa shape index (κ1) is 16.0. The number of likely N-dealkylation sites (N-methyl/N-ethyl adjacent to an activating group) is 1. The number of unbranched alkanes of at least 4 members (excludes halogenated alkanes) is 1. The molecule has 1 rings (SSSR count). The van der Waals surface area contributed by atoms with Gasteiger partial charge < -0.3 is 14.8 Å². The van der Waals surface area contributed by atoms with Crippen LogP contribution in [0.25, 0.3) is 0 Å². The number of nitrogens with one attached hydrogen (secondary N) is 1. The normalized spacial score (nSPS) is 12.4. The quantitative estimate of drug-likeness (QED) is 0.705. The highest BCUT2D eigenvalue weighted by atomic mass is 16.5. The lowest BCUT2D eigenvalue weighted by molar-refractivity contribution is 0.0809. The van der Waals surface area contributed by atoms with Gasteiger partial charge in [-0.05, 0) is 37.1 Å². The number of hydrogen-bond donors (Lipinski definition) is 1. The lowest BCUT2D eigenvalue weighted by atomic mass is 10.1. The van der Waals surface area contributed by atoms with Crippen molar-refractivity contribution in [2.45, 2.75) is 39.2 Å². The van der Waals surface area contributed by atoms with Gasteiger partial charge in [0.25, 0.3) is 0 Å². The van der Waals surface area contributed by atoms with Crippen LogP contribution in [-0.4, -0.2) is 32.9 Å². The monoisotopic (exact) mass is 265 g/mol. The zero-order valence-electron chi connectivity index (χ0n) is 12.4. The summed E-state index contributed by atoms with van der Waals surface area (Å²) >= 11 is 0. The molecule has 0 heterocycles. The van der Waals surface area contributed by atoms with Crippen molar-refractivity contribution in [2.24, 2.45) is 0 Å². The Bertz CT molecular complexity index is 324. The first-order valence-corrected chi connectivity index (χ1v) is 7.25. The van der Waals surface area contributed by atoms with Crippen LogP contribution >= 0.6 is 0 Å². The van der Waals surface area contributed by atoms with Crippen molar-refractivity contribution >= 4 is 0 Å². The summed E-state index contributed by atoms with van der Waals surface area (Å²) in [6.45, 7) is 6.66. The molecule has 0 saturated carbocycles. The third-order valence-electron chi connectivity index (χ3n) is 3.02. The lowest BCUT2D eigenvalue weighted by Crippen LogP contribution is -2.34. The fourth-order valence-electron chi connectivity index (χ4n) is 1.93. The summed E-state index contributed by atoms with van der Waals surface area (Å²) in [6.07, 6.45) is 3.69. The molecule has 0 spiro atoms. The van der Waals surface area contributed by atoms with Crippen molar-refractivity contribution in [3.63, 3.8) is 0 Å². The number of hydrogen-bond acceptors (Lipinski definition) is 3. The van der Waals surface area contributed by atoms with E-state index in [1.807, 2.05) is 0 Å². The molecule has 1 N–H and O–H groups in total. The van der Waals surface area contributed by atoms with Crippen molar-refractivity contribution in [1.29, 1.82) is 0 Å². The van der Waals surface area contributed by atoms with Gasteiger partial charge in [-0.25, -0.2) is 0 Å². The van der Waals surface area contributed by atoms with Crippen LogP contribution in [0, 0.1) is 0 Å². The first-order chi connectivity index (χ1) is 9.30. The third kappa shape index (κ3) is 6.60. The minimum atomic E-state index is 0.0615. The topological polar surface area (TPSA) is 30.5 Å². The molecule has 3 nitrogen and oxygen atoms in total. The Labute approximate surface area is 117 Å². The van der Waals surface area contributed by atoms with Crippen LogP contribution < -0.4 is 10.1 Å². The van der Waals surface area contributed by atoms with Crippen molar-refractivity contribution in [1.82, 2.24) is 5.32 Å². The zero-order chi connectivity index (χ0) is 13.9. The molecule has 0 amide bonds. The Balaban J connectivity index is 2.48. The molecule has 0 aromatic heterocycles. The van der Waals surface area contributed by atoms with Crippen molar-refractivity contribution in [3.05, 3.63) is 29.8 Å². The molecule has 0 aliphatic rings. The standard InChI is InChI=1S/C16H27NO2/c1-4-6-7-14-8-10-15(11-9-14)19-16(13-18-3)12-17-5-2/h8-11,16-17H,4-7,12-13H2,1-3H3. The van der Waals surface area contributed by atoms with Gasteiger partial charge in [-0.2, -0.15) is 0 Å². The van der Waals surface area contributed by atoms with E-state index in [1.54, 1.807) is 7.11 Å². The average Bonchev–Trinajstić information content (AvgIpc) is 2.44. The summed E-state index contributed by atoms with van der Waals surface area (Å²) in [7, 11) is 1.70. The van der Waals surface area contributed by atoms with Crippen LogP contribution in [0.4, 0.5) is 0 Å². The van der Waals surface area contributed by atoms with Gasteiger partial charge in [0.15, 0.2) is 0 Å². The Hall–Kier alpha value is -1.06. The van der Waals surface area contributed by atoms with Crippen molar-refractivity contribution in [2.75, 3.05) is 26.8 Å². The van der Waals surface area contributed by atoms with Crippen LogP contribution in [0.3, 0.4) is 0 Å². The maximum absolute atomic E-state index is 5.93. The molecule has 1 aromatic carbocycles. The number of ether oxygens (including phenoxy) is 2. The van der Waals surface area contributed by atoms with E-state index in [9.17, 15) is 0 Å². The Morgan fingerprint density at radius 1 is 1.16 bits per heavy atom. The summed E-state index contributed by atoms with van der Waals surface area (Å²) in [6, 6.07) is 8.42. The number of rotatable bonds is 10. The van der Waals surface area contributed by atoms with E-state index in [2.05, 4.69) is 43.4 Å². The molecule has 3 heteroatoms. The van der Waals surface area contributed by atoms with E-state index < -0.39 is 0 Å². The predicted molar refractivity (Wildman–Crippen MR) is 79.9 cm³/mol. The minimum Gasteiger partial charge on any atom is -0.487 e. The Morgan fingerprint density at radius 3 is 2.47 bits per heavy atom. The lowest BCUT2D eigenvalue weighted by Gasteiger charge is -2.18. The number of methoxy groups -OCH3 is 1. The Kier molecular flexibility index (Phi) is 8.26. The minimum absolute atomic E-state index is 0.0615. The molecule has 19 heavy (non-hydrogen) atoms. The second-order valence-electron chi connectivity index (χ2n) is 4.75. The van der Waals surface area contributed by atoms with E-state index in [4.69, 9.17) is 9.47 Å². The van der Waals surface area contributed by atoms with Crippen LogP contribution in [0.5, 0.6) is 5.75 Å². The third-order valence-corrected chi connectivity index (χ3v) is 3.02. The van der Waals surface area contributed by atoms with Gasteiger partial charge in [0, 0.05) is 13.7 Å². The van der Waals surface area contributed by atoms with Gasteiger partial charge >= 0.3 is 0 Å². The first-order valence-electron chi connectivity index (χ1n) is 7.25. The molecule has 108 valence electrons. The molecule has 0 bridgehead atoms. The maximum atomic E-state index is 5.93. The van der Waals surface area contributed by atoms with Crippen LogP contribution in [0.1, 0.15) is 32.3 Å². The number of benzene rings is 1. The second kappa shape index (κ2) is 9.82. The molecular formula is C16H27NO2. The van der Waals surface area contributed by atoms with Crippen LogP contribution in [-0.2, 0) is 11.2 Å². The van der Waals surface area contributed by atoms with Gasteiger partial charge in [-0.3, -0.25) is 0 Å². The van der Waals surface area contributed by atoms with E-state index in [0.29, 0.717) is 6.61 Å². The summed E-state index contributed by atoms with van der Waals surface area (Å²) in [4.78, 5) is 0. The highest BCUT2D eigenvalue weighted by molar-refractivity contribution is 5.27. The fraction of sp³-hybridized carbons (Fsp3) is 0.625. The molecule has 0 fully saturated rings. The fourth-order valence-corrected chi connectivity index (χ4v) is 1.93. The molecule has 0 aliphatic carbocycles. The van der Waals surface area contributed by atoms with Gasteiger partial charge in [0.2, 0.25) is 0 Å². The highest BCUT2D eigenvalue weighted by Crippen LogP contribution is 2.15. The van der Waals surface area contributed by atoms with Crippen LogP contribution in [0.2, 0.25) is 0 Å². The smallest absolute Gasteiger partial charge is 0.134 e. The molecule has 0 saturated heterocycles. The van der Waals surface area contributed by atoms with Crippen LogP contribution in [0.15, 0.2) is 24.3 Å². The molecule has 1 unspecified atom stereocenters. The molecule has 0 aliphatic heterocycles. The molecule has 1 atom stereocenters. The van der Waals surface area contributed by atoms with E-state index in [1.165, 1.54) is 18.4 Å². The Morgan fingerprint density at radius 2 is 1.89 bits per heavy atom. The van der Waals surface area contributed by atoms with E-state index >= 15 is 0 Å². The molecule has 1 aromatic rings. The van der Waals surface area contributed by atoms with Gasteiger partial charge in [0.05, 0.1) is 6.61 Å². The van der Waals surface area contributed by atoms with E-state index in [-0.39, 0.29) is 6.10 Å². The zero-order valence-corrected chi connectivity index (χ0v) is 12.4. The van der Waals surface area contributed by atoms with E-state index in [0.717, 1.165) is 25.3 Å².